The zero-order chi connectivity index (χ0) is 11.3. The van der Waals surface area contributed by atoms with E-state index in [1.807, 2.05) is 6.07 Å². The molecule has 1 heterocycles. The first kappa shape index (κ1) is 9.88. The first-order valence-corrected chi connectivity index (χ1v) is 5.95. The molecule has 1 aromatic carbocycles. The van der Waals surface area contributed by atoms with Crippen molar-refractivity contribution in [2.24, 2.45) is 5.92 Å². The summed E-state index contributed by atoms with van der Waals surface area (Å²) in [5, 5.41) is 1.08. The van der Waals surface area contributed by atoms with Gasteiger partial charge < -0.3 is 4.98 Å². The molecule has 0 saturated heterocycles. The molecule has 1 nitrogen and oxygen atoms in total. The minimum atomic E-state index is -0.133. The Morgan fingerprint density at radius 3 is 2.94 bits per heavy atom. The lowest BCUT2D eigenvalue weighted by molar-refractivity contribution is 0.448. The number of hydrogen-bond donors (Lipinski definition) is 1. The Bertz CT molecular complexity index is 541. The van der Waals surface area contributed by atoms with Crippen LogP contribution in [0.25, 0.3) is 10.9 Å². The molecule has 84 valence electrons. The van der Waals surface area contributed by atoms with E-state index in [9.17, 15) is 4.39 Å². The number of rotatable bonds is 0. The van der Waals surface area contributed by atoms with Gasteiger partial charge in [0.1, 0.15) is 5.82 Å². The molecule has 2 heteroatoms. The predicted octanol–water partition coefficient (Wildman–Crippen LogP) is 3.99. The Hall–Kier alpha value is -1.31. The van der Waals surface area contributed by atoms with E-state index in [-0.39, 0.29) is 5.82 Å². The van der Waals surface area contributed by atoms with Crippen LogP contribution in [0.3, 0.4) is 0 Å². The van der Waals surface area contributed by atoms with Crippen molar-refractivity contribution in [1.82, 2.24) is 4.98 Å². The van der Waals surface area contributed by atoms with E-state index >= 15 is 0 Å². The zero-order valence-electron chi connectivity index (χ0n) is 9.68. The predicted molar refractivity (Wildman–Crippen MR) is 64.2 cm³/mol. The topological polar surface area (TPSA) is 15.8 Å². The second-order valence-corrected chi connectivity index (χ2v) is 5.13. The molecule has 3 rings (SSSR count). The molecule has 16 heavy (non-hydrogen) atoms. The third kappa shape index (κ3) is 1.29. The number of nitrogens with one attached hydrogen (secondary N) is 1. The molecule has 0 bridgehead atoms. The number of benzene rings is 1. The second kappa shape index (κ2) is 3.34. The van der Waals surface area contributed by atoms with Gasteiger partial charge in [-0.3, -0.25) is 0 Å². The van der Waals surface area contributed by atoms with Crippen LogP contribution >= 0.6 is 0 Å². The monoisotopic (exact) mass is 217 g/mol. The maximum atomic E-state index is 13.7. The van der Waals surface area contributed by atoms with Crippen molar-refractivity contribution in [2.45, 2.75) is 32.6 Å². The summed E-state index contributed by atoms with van der Waals surface area (Å²) in [5.41, 5.74) is 3.27. The van der Waals surface area contributed by atoms with Crippen LogP contribution in [0.4, 0.5) is 4.39 Å². The van der Waals surface area contributed by atoms with Crippen molar-refractivity contribution in [3.05, 3.63) is 35.3 Å². The fourth-order valence-electron chi connectivity index (χ4n) is 3.13. The van der Waals surface area contributed by atoms with Crippen molar-refractivity contribution in [3.8, 4) is 0 Å². The molecule has 1 aromatic heterocycles. The highest BCUT2D eigenvalue weighted by Crippen LogP contribution is 2.39. The summed E-state index contributed by atoms with van der Waals surface area (Å²) in [7, 11) is 0. The summed E-state index contributed by atoms with van der Waals surface area (Å²) in [5.74, 6) is 1.10. The Morgan fingerprint density at radius 2 is 2.12 bits per heavy atom. The summed E-state index contributed by atoms with van der Waals surface area (Å²) >= 11 is 0. The molecule has 0 saturated carbocycles. The van der Waals surface area contributed by atoms with E-state index < -0.39 is 0 Å². The fraction of sp³-hybridized carbons (Fsp3) is 0.429. The third-order valence-corrected chi connectivity index (χ3v) is 3.71. The highest BCUT2D eigenvalue weighted by molar-refractivity contribution is 5.86. The smallest absolute Gasteiger partial charge is 0.147 e. The van der Waals surface area contributed by atoms with Gasteiger partial charge in [-0.15, -0.1) is 0 Å². The van der Waals surface area contributed by atoms with E-state index in [4.69, 9.17) is 0 Å². The van der Waals surface area contributed by atoms with Gasteiger partial charge in [0.15, 0.2) is 0 Å². The van der Waals surface area contributed by atoms with Gasteiger partial charge in [-0.25, -0.2) is 4.39 Å². The Kier molecular flexibility index (Phi) is 2.06. The summed E-state index contributed by atoms with van der Waals surface area (Å²) in [6.07, 6.45) is 2.25. The number of hydrogen-bond acceptors (Lipinski definition) is 0. The third-order valence-electron chi connectivity index (χ3n) is 3.71. The molecule has 0 amide bonds. The van der Waals surface area contributed by atoms with Crippen molar-refractivity contribution in [2.75, 3.05) is 0 Å². The molecule has 1 aliphatic carbocycles. The number of H-pyrrole nitrogens is 1. The van der Waals surface area contributed by atoms with Gasteiger partial charge in [-0.1, -0.05) is 26.0 Å². The van der Waals surface area contributed by atoms with E-state index in [1.165, 1.54) is 23.7 Å². The molecule has 2 atom stereocenters. The van der Waals surface area contributed by atoms with Gasteiger partial charge in [-0.2, -0.15) is 0 Å². The van der Waals surface area contributed by atoms with Crippen LogP contribution in [0.1, 0.15) is 37.4 Å². The molecule has 1 N–H and O–H groups in total. The lowest BCUT2D eigenvalue weighted by Crippen LogP contribution is -2.13. The Morgan fingerprint density at radius 1 is 1.31 bits per heavy atom. The highest BCUT2D eigenvalue weighted by atomic mass is 19.1. The molecule has 0 radical (unpaired) electrons. The quantitative estimate of drug-likeness (QED) is 0.686. The van der Waals surface area contributed by atoms with Crippen molar-refractivity contribution >= 4 is 10.9 Å². The molecule has 0 fully saturated rings. The zero-order valence-corrected chi connectivity index (χ0v) is 9.68. The molecular formula is C14H16FN. The fourth-order valence-corrected chi connectivity index (χ4v) is 3.13. The van der Waals surface area contributed by atoms with Gasteiger partial charge in [0, 0.05) is 11.1 Å². The molecular weight excluding hydrogens is 201 g/mol. The number of para-hydroxylation sites is 1. The lowest BCUT2D eigenvalue weighted by atomic mass is 9.81. The van der Waals surface area contributed by atoms with E-state index in [0.29, 0.717) is 17.4 Å². The molecule has 1 aliphatic rings. The molecule has 2 unspecified atom stereocenters. The number of aromatic nitrogens is 1. The Labute approximate surface area is 94.7 Å². The molecule has 0 aliphatic heterocycles. The van der Waals surface area contributed by atoms with Crippen LogP contribution in [0.2, 0.25) is 0 Å². The summed E-state index contributed by atoms with van der Waals surface area (Å²) in [4.78, 5) is 3.27. The molecule has 2 aromatic rings. The van der Waals surface area contributed by atoms with Gasteiger partial charge in [0.05, 0.1) is 5.52 Å². The average molecular weight is 217 g/mol. The molecule has 0 spiro atoms. The van der Waals surface area contributed by atoms with Crippen LogP contribution in [-0.2, 0) is 6.42 Å². The number of aromatic amines is 1. The Balaban J connectivity index is 2.30. The summed E-state index contributed by atoms with van der Waals surface area (Å²) < 4.78 is 13.7. The van der Waals surface area contributed by atoms with Gasteiger partial charge in [-0.05, 0) is 36.3 Å². The van der Waals surface area contributed by atoms with Crippen LogP contribution < -0.4 is 0 Å². The standard InChI is InChI=1S/C14H16FN/c1-8-6-9(2)13-10-4-3-5-11(15)14(10)16-12(13)7-8/h3-5,8-9,16H,6-7H2,1-2H3. The van der Waals surface area contributed by atoms with Gasteiger partial charge in [0.25, 0.3) is 0 Å². The first-order chi connectivity index (χ1) is 7.66. The summed E-state index contributed by atoms with van der Waals surface area (Å²) in [6.45, 7) is 4.51. The van der Waals surface area contributed by atoms with E-state index in [0.717, 1.165) is 11.8 Å². The van der Waals surface area contributed by atoms with Crippen LogP contribution in [0.15, 0.2) is 18.2 Å². The van der Waals surface area contributed by atoms with E-state index in [1.54, 1.807) is 6.07 Å². The van der Waals surface area contributed by atoms with Crippen LogP contribution in [-0.4, -0.2) is 4.98 Å². The van der Waals surface area contributed by atoms with E-state index in [2.05, 4.69) is 18.8 Å². The van der Waals surface area contributed by atoms with Gasteiger partial charge in [0.2, 0.25) is 0 Å². The minimum absolute atomic E-state index is 0.133. The van der Waals surface area contributed by atoms with Crippen molar-refractivity contribution in [1.29, 1.82) is 0 Å². The summed E-state index contributed by atoms with van der Waals surface area (Å²) in [6, 6.07) is 5.36. The SMILES string of the molecule is CC1Cc2[nH]c3c(F)cccc3c2C(C)C1. The first-order valence-electron chi connectivity index (χ1n) is 5.95. The maximum absolute atomic E-state index is 13.7. The van der Waals surface area contributed by atoms with Crippen molar-refractivity contribution < 1.29 is 4.39 Å². The van der Waals surface area contributed by atoms with Crippen molar-refractivity contribution in [3.63, 3.8) is 0 Å². The average Bonchev–Trinajstić information content (AvgIpc) is 2.57. The minimum Gasteiger partial charge on any atom is -0.356 e. The number of halogens is 1. The number of fused-ring (bicyclic) bond motifs is 3. The largest absolute Gasteiger partial charge is 0.356 e. The second-order valence-electron chi connectivity index (χ2n) is 5.13. The maximum Gasteiger partial charge on any atom is 0.147 e. The van der Waals surface area contributed by atoms with Crippen LogP contribution in [0, 0.1) is 11.7 Å². The van der Waals surface area contributed by atoms with Crippen LogP contribution in [0.5, 0.6) is 0 Å². The normalized spacial score (nSPS) is 24.7. The lowest BCUT2D eigenvalue weighted by Gasteiger charge is -2.24. The highest BCUT2D eigenvalue weighted by Gasteiger charge is 2.25. The van der Waals surface area contributed by atoms with Gasteiger partial charge >= 0.3 is 0 Å².